The van der Waals surface area contributed by atoms with Crippen molar-refractivity contribution in [2.75, 3.05) is 13.1 Å². The van der Waals surface area contributed by atoms with Crippen LogP contribution >= 0.6 is 0 Å². The molecule has 0 saturated carbocycles. The van der Waals surface area contributed by atoms with Gasteiger partial charge in [0.25, 0.3) is 0 Å². The lowest BCUT2D eigenvalue weighted by molar-refractivity contribution is -0.148. The molecule has 1 aliphatic heterocycles. The fourth-order valence-electron chi connectivity index (χ4n) is 2.48. The molecule has 1 unspecified atom stereocenters. The van der Waals surface area contributed by atoms with Crippen LogP contribution in [0.4, 0.5) is 0 Å². The molecule has 1 N–H and O–H groups in total. The number of carboxylic acid groups (broad SMARTS) is 1. The second kappa shape index (κ2) is 4.53. The van der Waals surface area contributed by atoms with Gasteiger partial charge in [-0.05, 0) is 37.9 Å². The molecule has 0 aliphatic carbocycles. The second-order valence-corrected chi connectivity index (χ2v) is 4.93. The molecule has 1 aliphatic rings. The van der Waals surface area contributed by atoms with Gasteiger partial charge >= 0.3 is 5.97 Å². The second-order valence-electron chi connectivity index (χ2n) is 4.93. The van der Waals surface area contributed by atoms with E-state index in [1.807, 2.05) is 19.9 Å². The normalized spacial score (nSPS) is 25.3. The van der Waals surface area contributed by atoms with Crippen molar-refractivity contribution in [1.82, 2.24) is 4.90 Å². The number of carbonyl (C=O) groups is 1. The number of hydrogen-bond donors (Lipinski definition) is 1. The Morgan fingerprint density at radius 3 is 2.88 bits per heavy atom. The van der Waals surface area contributed by atoms with Crippen LogP contribution < -0.4 is 0 Å². The molecule has 94 valence electrons. The zero-order valence-corrected chi connectivity index (χ0v) is 10.4. The number of aliphatic carboxylic acids is 1. The fourth-order valence-corrected chi connectivity index (χ4v) is 2.48. The zero-order valence-electron chi connectivity index (χ0n) is 10.4. The Morgan fingerprint density at radius 2 is 2.41 bits per heavy atom. The van der Waals surface area contributed by atoms with Crippen molar-refractivity contribution < 1.29 is 14.3 Å². The summed E-state index contributed by atoms with van der Waals surface area (Å²) in [5, 5.41) is 9.31. The van der Waals surface area contributed by atoms with Gasteiger partial charge in [-0.2, -0.15) is 0 Å². The Morgan fingerprint density at radius 1 is 1.65 bits per heavy atom. The van der Waals surface area contributed by atoms with Gasteiger partial charge in [-0.25, -0.2) is 0 Å². The van der Waals surface area contributed by atoms with Crippen molar-refractivity contribution in [3.63, 3.8) is 0 Å². The van der Waals surface area contributed by atoms with E-state index in [0.717, 1.165) is 24.3 Å². The van der Waals surface area contributed by atoms with E-state index in [-0.39, 0.29) is 0 Å². The third-order valence-electron chi connectivity index (χ3n) is 3.90. The summed E-state index contributed by atoms with van der Waals surface area (Å²) in [6.45, 7) is 6.14. The molecule has 2 heterocycles. The highest BCUT2D eigenvalue weighted by Crippen LogP contribution is 2.35. The molecule has 1 atom stereocenters. The maximum atomic E-state index is 11.3. The highest BCUT2D eigenvalue weighted by Gasteiger charge is 2.43. The van der Waals surface area contributed by atoms with Gasteiger partial charge in [0, 0.05) is 6.54 Å². The van der Waals surface area contributed by atoms with Crippen LogP contribution in [0.5, 0.6) is 0 Å². The first kappa shape index (κ1) is 12.2. The van der Waals surface area contributed by atoms with Gasteiger partial charge in [-0.3, -0.25) is 9.69 Å². The van der Waals surface area contributed by atoms with Gasteiger partial charge in [-0.1, -0.05) is 6.92 Å². The Balaban J connectivity index is 2.03. The fraction of sp³-hybridized carbons (Fsp3) is 0.615. The molecule has 4 heteroatoms. The lowest BCUT2D eigenvalue weighted by Gasteiger charge is -2.22. The molecule has 1 aromatic heterocycles. The van der Waals surface area contributed by atoms with Crippen LogP contribution in [0.2, 0.25) is 0 Å². The first-order valence-electron chi connectivity index (χ1n) is 6.06. The summed E-state index contributed by atoms with van der Waals surface area (Å²) in [7, 11) is 0. The molecule has 0 bridgehead atoms. The van der Waals surface area contributed by atoms with Crippen LogP contribution in [0.25, 0.3) is 0 Å². The molecule has 2 rings (SSSR count). The highest BCUT2D eigenvalue weighted by molar-refractivity contribution is 5.75. The van der Waals surface area contributed by atoms with E-state index in [1.165, 1.54) is 0 Å². The first-order chi connectivity index (χ1) is 8.07. The summed E-state index contributed by atoms with van der Waals surface area (Å²) in [6, 6.07) is 1.94. The summed E-state index contributed by atoms with van der Waals surface area (Å²) in [6.07, 6.45) is 3.11. The standard InChI is InChI=1S/C13H19NO3/c1-3-13(12(15)16)5-6-14(9-13)8-11-10(2)4-7-17-11/h4,7H,3,5-6,8-9H2,1-2H3,(H,15,16). The molecule has 0 amide bonds. The molecule has 1 fully saturated rings. The number of furan rings is 1. The van der Waals surface area contributed by atoms with E-state index >= 15 is 0 Å². The van der Waals surface area contributed by atoms with Crippen molar-refractivity contribution in [3.8, 4) is 0 Å². The minimum atomic E-state index is -0.668. The summed E-state index contributed by atoms with van der Waals surface area (Å²) >= 11 is 0. The van der Waals surface area contributed by atoms with Gasteiger partial charge in [-0.15, -0.1) is 0 Å². The van der Waals surface area contributed by atoms with Crippen molar-refractivity contribution in [3.05, 3.63) is 23.7 Å². The average molecular weight is 237 g/mol. The van der Waals surface area contributed by atoms with Crippen LogP contribution in [-0.2, 0) is 11.3 Å². The van der Waals surface area contributed by atoms with Crippen molar-refractivity contribution >= 4 is 5.97 Å². The topological polar surface area (TPSA) is 53.7 Å². The maximum absolute atomic E-state index is 11.3. The van der Waals surface area contributed by atoms with Crippen LogP contribution in [0.1, 0.15) is 31.1 Å². The molecule has 0 aromatic carbocycles. The summed E-state index contributed by atoms with van der Waals surface area (Å²) in [5.74, 6) is 0.279. The molecule has 1 saturated heterocycles. The van der Waals surface area contributed by atoms with Gasteiger partial charge in [0.1, 0.15) is 5.76 Å². The molecule has 1 aromatic rings. The van der Waals surface area contributed by atoms with E-state index in [2.05, 4.69) is 4.90 Å². The van der Waals surface area contributed by atoms with Crippen LogP contribution in [0.3, 0.4) is 0 Å². The largest absolute Gasteiger partial charge is 0.481 e. The first-order valence-corrected chi connectivity index (χ1v) is 6.06. The molecule has 0 radical (unpaired) electrons. The predicted octanol–water partition coefficient (Wildman–Crippen LogP) is 2.27. The van der Waals surface area contributed by atoms with Crippen LogP contribution in [0.15, 0.2) is 16.7 Å². The Hall–Kier alpha value is -1.29. The number of aryl methyl sites for hydroxylation is 1. The number of rotatable bonds is 4. The van der Waals surface area contributed by atoms with Crippen molar-refractivity contribution in [1.29, 1.82) is 0 Å². The number of hydrogen-bond acceptors (Lipinski definition) is 3. The minimum absolute atomic E-state index is 0.555. The number of nitrogens with zero attached hydrogens (tertiary/aromatic N) is 1. The van der Waals surface area contributed by atoms with Crippen LogP contribution in [0, 0.1) is 12.3 Å². The third-order valence-corrected chi connectivity index (χ3v) is 3.90. The average Bonchev–Trinajstić information content (AvgIpc) is 2.88. The molecule has 17 heavy (non-hydrogen) atoms. The quantitative estimate of drug-likeness (QED) is 0.872. The van der Waals surface area contributed by atoms with E-state index in [0.29, 0.717) is 19.5 Å². The minimum Gasteiger partial charge on any atom is -0.481 e. The summed E-state index contributed by atoms with van der Waals surface area (Å²) in [4.78, 5) is 13.5. The van der Waals surface area contributed by atoms with Gasteiger partial charge in [0.2, 0.25) is 0 Å². The summed E-state index contributed by atoms with van der Waals surface area (Å²) in [5.41, 5.74) is 0.579. The van der Waals surface area contributed by atoms with E-state index in [9.17, 15) is 9.90 Å². The van der Waals surface area contributed by atoms with E-state index in [4.69, 9.17) is 4.42 Å². The monoisotopic (exact) mass is 237 g/mol. The Labute approximate surface area is 101 Å². The zero-order chi connectivity index (χ0) is 12.5. The molecular weight excluding hydrogens is 218 g/mol. The van der Waals surface area contributed by atoms with E-state index in [1.54, 1.807) is 6.26 Å². The SMILES string of the molecule is CCC1(C(=O)O)CCN(Cc2occc2C)C1. The number of carboxylic acids is 1. The lowest BCUT2D eigenvalue weighted by atomic mass is 9.84. The molecular formula is C13H19NO3. The Bertz CT molecular complexity index is 413. The third kappa shape index (κ3) is 2.22. The van der Waals surface area contributed by atoms with Crippen LogP contribution in [-0.4, -0.2) is 29.1 Å². The van der Waals surface area contributed by atoms with Crippen molar-refractivity contribution in [2.45, 2.75) is 33.2 Å². The molecule has 4 nitrogen and oxygen atoms in total. The van der Waals surface area contributed by atoms with Gasteiger partial charge < -0.3 is 9.52 Å². The number of likely N-dealkylation sites (tertiary alicyclic amines) is 1. The smallest absolute Gasteiger partial charge is 0.310 e. The predicted molar refractivity (Wildman–Crippen MR) is 63.7 cm³/mol. The highest BCUT2D eigenvalue weighted by atomic mass is 16.4. The van der Waals surface area contributed by atoms with Crippen molar-refractivity contribution in [2.24, 2.45) is 5.41 Å². The van der Waals surface area contributed by atoms with Gasteiger partial charge in [0.15, 0.2) is 0 Å². The molecule has 0 spiro atoms. The van der Waals surface area contributed by atoms with Gasteiger partial charge in [0.05, 0.1) is 18.2 Å². The Kier molecular flexibility index (Phi) is 3.24. The van der Waals surface area contributed by atoms with E-state index < -0.39 is 11.4 Å². The summed E-state index contributed by atoms with van der Waals surface area (Å²) < 4.78 is 5.40. The lowest BCUT2D eigenvalue weighted by Crippen LogP contribution is -2.33. The maximum Gasteiger partial charge on any atom is 0.310 e.